The molecule has 1 aromatic rings. The first-order valence-electron chi connectivity index (χ1n) is 5.95. The van der Waals surface area contributed by atoms with Crippen LogP contribution in [0.4, 0.5) is 5.82 Å². The molecule has 0 radical (unpaired) electrons. The lowest BCUT2D eigenvalue weighted by Gasteiger charge is -2.21. The minimum atomic E-state index is -0.497. The van der Waals surface area contributed by atoms with Crippen LogP contribution in [0, 0.1) is 10.1 Å². The topological polar surface area (TPSA) is 70.2 Å². The van der Waals surface area contributed by atoms with Crippen LogP contribution in [-0.4, -0.2) is 20.1 Å². The lowest BCUT2D eigenvalue weighted by Crippen LogP contribution is -2.31. The number of ether oxygens (including phenoxy) is 1. The average molecular weight is 239 g/mol. The fourth-order valence-corrected chi connectivity index (χ4v) is 2.16. The van der Waals surface area contributed by atoms with Gasteiger partial charge >= 0.3 is 11.8 Å². The number of rotatable bonds is 5. The molecule has 0 aliphatic carbocycles. The molecule has 0 bridgehead atoms. The molecule has 0 aromatic carbocycles. The molecular formula is C11H17N3O3. The molecular weight excluding hydrogens is 222 g/mol. The minimum Gasteiger partial charge on any atom is -0.438 e. The fraction of sp³-hybridized carbons (Fsp3) is 0.727. The Balaban J connectivity index is 2.01. The van der Waals surface area contributed by atoms with E-state index in [9.17, 15) is 10.1 Å². The van der Waals surface area contributed by atoms with Crippen molar-refractivity contribution >= 4 is 5.82 Å². The molecule has 0 N–H and O–H groups in total. The molecule has 0 fully saturated rings. The molecule has 1 aliphatic heterocycles. The summed E-state index contributed by atoms with van der Waals surface area (Å²) in [4.78, 5) is 13.9. The minimum absolute atomic E-state index is 0.143. The highest BCUT2D eigenvalue weighted by atomic mass is 16.6. The maximum atomic E-state index is 10.6. The van der Waals surface area contributed by atoms with Crippen molar-refractivity contribution < 1.29 is 9.66 Å². The molecule has 6 heteroatoms. The molecule has 0 saturated carbocycles. The fourth-order valence-electron chi connectivity index (χ4n) is 2.16. The molecule has 6 nitrogen and oxygen atoms in total. The SMILES string of the molecule is CCCCCC1(C)Cn2cc([N+](=O)[O-])nc2O1. The molecule has 1 aliphatic rings. The predicted octanol–water partition coefficient (Wildman–Crippen LogP) is 2.52. The number of hydrogen-bond donors (Lipinski definition) is 0. The van der Waals surface area contributed by atoms with Gasteiger partial charge < -0.3 is 14.9 Å². The Hall–Kier alpha value is -1.59. The van der Waals surface area contributed by atoms with Crippen LogP contribution in [0.1, 0.15) is 39.5 Å². The molecule has 0 amide bonds. The monoisotopic (exact) mass is 239 g/mol. The summed E-state index contributed by atoms with van der Waals surface area (Å²) >= 11 is 0. The van der Waals surface area contributed by atoms with E-state index in [1.807, 2.05) is 6.92 Å². The molecule has 2 rings (SSSR count). The van der Waals surface area contributed by atoms with Crippen molar-refractivity contribution in [3.05, 3.63) is 16.3 Å². The Morgan fingerprint density at radius 3 is 3.00 bits per heavy atom. The van der Waals surface area contributed by atoms with E-state index >= 15 is 0 Å². The van der Waals surface area contributed by atoms with Crippen LogP contribution in [-0.2, 0) is 6.54 Å². The van der Waals surface area contributed by atoms with Crippen LogP contribution in [0.25, 0.3) is 0 Å². The van der Waals surface area contributed by atoms with Gasteiger partial charge in [0.2, 0.25) is 0 Å². The summed E-state index contributed by atoms with van der Waals surface area (Å²) in [6.45, 7) is 4.84. The number of hydrogen-bond acceptors (Lipinski definition) is 4. The van der Waals surface area contributed by atoms with Gasteiger partial charge in [0, 0.05) is 4.98 Å². The highest BCUT2D eigenvalue weighted by Gasteiger charge is 2.39. The summed E-state index contributed by atoms with van der Waals surface area (Å²) < 4.78 is 7.45. The number of fused-ring (bicyclic) bond motifs is 1. The van der Waals surface area contributed by atoms with Gasteiger partial charge in [0.25, 0.3) is 0 Å². The standard InChI is InChI=1S/C11H17N3O3/c1-3-4-5-6-11(2)8-13-7-9(14(15)16)12-10(13)17-11/h7H,3-6,8H2,1-2H3. The average Bonchev–Trinajstić information content (AvgIpc) is 2.73. The lowest BCUT2D eigenvalue weighted by atomic mass is 9.99. The second-order valence-electron chi connectivity index (χ2n) is 4.78. The number of nitro groups is 1. The molecule has 0 spiro atoms. The Labute approximate surface area is 99.8 Å². The molecule has 94 valence electrons. The van der Waals surface area contributed by atoms with Crippen molar-refractivity contribution in [2.75, 3.05) is 0 Å². The first-order valence-corrected chi connectivity index (χ1v) is 5.95. The Bertz CT molecular complexity index is 404. The first kappa shape index (κ1) is 11.9. The van der Waals surface area contributed by atoms with Gasteiger partial charge in [-0.1, -0.05) is 19.8 Å². The summed E-state index contributed by atoms with van der Waals surface area (Å²) in [5, 5.41) is 10.6. The highest BCUT2D eigenvalue weighted by Crippen LogP contribution is 2.33. The van der Waals surface area contributed by atoms with Crippen LogP contribution >= 0.6 is 0 Å². The van der Waals surface area contributed by atoms with Crippen molar-refractivity contribution in [3.63, 3.8) is 0 Å². The molecule has 1 aromatic heterocycles. The Morgan fingerprint density at radius 2 is 2.41 bits per heavy atom. The summed E-state index contributed by atoms with van der Waals surface area (Å²) in [7, 11) is 0. The zero-order chi connectivity index (χ0) is 12.5. The van der Waals surface area contributed by atoms with E-state index in [0.29, 0.717) is 12.6 Å². The van der Waals surface area contributed by atoms with Crippen molar-refractivity contribution in [1.82, 2.24) is 9.55 Å². The van der Waals surface area contributed by atoms with Crippen LogP contribution in [0.3, 0.4) is 0 Å². The number of nitrogens with zero attached hydrogens (tertiary/aromatic N) is 3. The van der Waals surface area contributed by atoms with Crippen LogP contribution in [0.5, 0.6) is 6.01 Å². The van der Waals surface area contributed by atoms with Gasteiger partial charge in [0.1, 0.15) is 11.8 Å². The maximum Gasteiger partial charge on any atom is 0.414 e. The lowest BCUT2D eigenvalue weighted by molar-refractivity contribution is -0.389. The highest BCUT2D eigenvalue weighted by molar-refractivity contribution is 5.23. The van der Waals surface area contributed by atoms with Crippen LogP contribution < -0.4 is 4.74 Å². The normalized spacial score (nSPS) is 22.2. The molecule has 0 saturated heterocycles. The van der Waals surface area contributed by atoms with Gasteiger partial charge in [-0.3, -0.25) is 4.57 Å². The Morgan fingerprint density at radius 1 is 1.65 bits per heavy atom. The van der Waals surface area contributed by atoms with E-state index in [0.717, 1.165) is 12.8 Å². The van der Waals surface area contributed by atoms with Crippen molar-refractivity contribution in [1.29, 1.82) is 0 Å². The third-order valence-electron chi connectivity index (χ3n) is 3.07. The molecule has 1 atom stereocenters. The zero-order valence-corrected chi connectivity index (χ0v) is 10.2. The predicted molar refractivity (Wildman–Crippen MR) is 62.1 cm³/mol. The van der Waals surface area contributed by atoms with E-state index in [4.69, 9.17) is 4.74 Å². The van der Waals surface area contributed by atoms with Crippen molar-refractivity contribution in [3.8, 4) is 6.01 Å². The molecule has 17 heavy (non-hydrogen) atoms. The summed E-state index contributed by atoms with van der Waals surface area (Å²) in [6.07, 6.45) is 5.87. The van der Waals surface area contributed by atoms with E-state index < -0.39 is 4.92 Å². The number of aromatic nitrogens is 2. The third-order valence-corrected chi connectivity index (χ3v) is 3.07. The van der Waals surface area contributed by atoms with Gasteiger partial charge in [0.15, 0.2) is 0 Å². The first-order chi connectivity index (χ1) is 8.04. The van der Waals surface area contributed by atoms with Gasteiger partial charge in [-0.25, -0.2) is 0 Å². The van der Waals surface area contributed by atoms with Gasteiger partial charge in [-0.2, -0.15) is 0 Å². The van der Waals surface area contributed by atoms with Crippen LogP contribution in [0.15, 0.2) is 6.20 Å². The van der Waals surface area contributed by atoms with E-state index in [1.165, 1.54) is 19.0 Å². The van der Waals surface area contributed by atoms with E-state index in [1.54, 1.807) is 4.57 Å². The van der Waals surface area contributed by atoms with E-state index in [2.05, 4.69) is 11.9 Å². The number of imidazole rings is 1. The maximum absolute atomic E-state index is 10.6. The smallest absolute Gasteiger partial charge is 0.414 e. The molecule has 2 heterocycles. The van der Waals surface area contributed by atoms with Crippen molar-refractivity contribution in [2.24, 2.45) is 0 Å². The second-order valence-corrected chi connectivity index (χ2v) is 4.78. The summed E-state index contributed by atoms with van der Waals surface area (Å²) in [6, 6.07) is 0.371. The van der Waals surface area contributed by atoms with Gasteiger partial charge in [-0.05, 0) is 24.7 Å². The van der Waals surface area contributed by atoms with E-state index in [-0.39, 0.29) is 11.4 Å². The quantitative estimate of drug-likeness (QED) is 0.449. The van der Waals surface area contributed by atoms with Gasteiger partial charge in [0.05, 0.1) is 6.54 Å². The third kappa shape index (κ3) is 2.40. The molecule has 1 unspecified atom stereocenters. The largest absolute Gasteiger partial charge is 0.438 e. The van der Waals surface area contributed by atoms with Crippen LogP contribution in [0.2, 0.25) is 0 Å². The number of unbranched alkanes of at least 4 members (excludes halogenated alkanes) is 2. The van der Waals surface area contributed by atoms with Gasteiger partial charge in [-0.15, -0.1) is 0 Å². The Kier molecular flexibility index (Phi) is 3.04. The summed E-state index contributed by atoms with van der Waals surface area (Å²) in [5.41, 5.74) is -0.257. The second kappa shape index (κ2) is 4.35. The zero-order valence-electron chi connectivity index (χ0n) is 10.2. The summed E-state index contributed by atoms with van der Waals surface area (Å²) in [5.74, 6) is -0.143. The van der Waals surface area contributed by atoms with Crippen molar-refractivity contribution in [2.45, 2.75) is 51.7 Å².